The maximum Gasteiger partial charge on any atom is 0.271 e. The van der Waals surface area contributed by atoms with E-state index < -0.39 is 26.9 Å². The summed E-state index contributed by atoms with van der Waals surface area (Å²) in [5.41, 5.74) is 2.43. The van der Waals surface area contributed by atoms with Crippen LogP contribution in [0.1, 0.15) is 43.5 Å². The number of hydrogen-bond donors (Lipinski definition) is 1. The summed E-state index contributed by atoms with van der Waals surface area (Å²) in [6, 6.07) is 10.3. The Morgan fingerprint density at radius 2 is 1.77 bits per heavy atom. The molecule has 1 N–H and O–H groups in total. The molecule has 0 aliphatic carbocycles. The molecular formula is C21H27N3O5S. The predicted molar refractivity (Wildman–Crippen MR) is 117 cm³/mol. The molecule has 0 aliphatic rings. The van der Waals surface area contributed by atoms with Gasteiger partial charge in [-0.05, 0) is 43.9 Å². The standard InChI is InChI=1S/C21H27N3O5S/c1-6-17-8-10-18(11-9-17)15(3)22-21(25)16(4)23(30(5,28)29)20-13-19(24(26)27)12-7-14(20)2/h7-13,15-16H,6H2,1-5H3,(H,22,25)/t15-,16+/m0/s1. The van der Waals surface area contributed by atoms with E-state index in [4.69, 9.17) is 0 Å². The minimum Gasteiger partial charge on any atom is -0.348 e. The van der Waals surface area contributed by atoms with Crippen LogP contribution < -0.4 is 9.62 Å². The molecule has 2 aromatic rings. The molecule has 0 saturated carbocycles. The van der Waals surface area contributed by atoms with Crippen molar-refractivity contribution in [1.29, 1.82) is 0 Å². The molecule has 0 spiro atoms. The molecule has 0 unspecified atom stereocenters. The summed E-state index contributed by atoms with van der Waals surface area (Å²) < 4.78 is 26.0. The van der Waals surface area contributed by atoms with E-state index in [1.165, 1.54) is 30.7 Å². The molecule has 30 heavy (non-hydrogen) atoms. The van der Waals surface area contributed by atoms with E-state index in [0.29, 0.717) is 5.56 Å². The number of anilines is 1. The normalized spacial score (nSPS) is 13.4. The van der Waals surface area contributed by atoms with Crippen molar-refractivity contribution in [3.63, 3.8) is 0 Å². The number of amides is 1. The predicted octanol–water partition coefficient (Wildman–Crippen LogP) is 3.50. The number of benzene rings is 2. The lowest BCUT2D eigenvalue weighted by molar-refractivity contribution is -0.384. The summed E-state index contributed by atoms with van der Waals surface area (Å²) >= 11 is 0. The molecule has 0 bridgehead atoms. The van der Waals surface area contributed by atoms with E-state index in [1.807, 2.05) is 31.2 Å². The largest absolute Gasteiger partial charge is 0.348 e. The summed E-state index contributed by atoms with van der Waals surface area (Å²) in [4.78, 5) is 23.4. The third-order valence-electron chi connectivity index (χ3n) is 4.98. The summed E-state index contributed by atoms with van der Waals surface area (Å²) in [6.07, 6.45) is 1.88. The third-order valence-corrected chi connectivity index (χ3v) is 6.20. The van der Waals surface area contributed by atoms with Gasteiger partial charge in [-0.25, -0.2) is 8.42 Å². The summed E-state index contributed by atoms with van der Waals surface area (Å²) in [6.45, 7) is 6.97. The van der Waals surface area contributed by atoms with E-state index in [9.17, 15) is 23.3 Å². The van der Waals surface area contributed by atoms with Crippen molar-refractivity contribution >= 4 is 27.3 Å². The highest BCUT2D eigenvalue weighted by molar-refractivity contribution is 7.92. The molecule has 8 nitrogen and oxygen atoms in total. The molecule has 0 heterocycles. The Morgan fingerprint density at radius 1 is 1.17 bits per heavy atom. The Kier molecular flexibility index (Phi) is 7.20. The minimum atomic E-state index is -3.89. The van der Waals surface area contributed by atoms with Crippen molar-refractivity contribution in [2.24, 2.45) is 0 Å². The Labute approximate surface area is 177 Å². The lowest BCUT2D eigenvalue weighted by Crippen LogP contribution is -2.48. The van der Waals surface area contributed by atoms with Crippen LogP contribution in [-0.4, -0.2) is 31.5 Å². The monoisotopic (exact) mass is 433 g/mol. The van der Waals surface area contributed by atoms with Gasteiger partial charge < -0.3 is 5.32 Å². The van der Waals surface area contributed by atoms with Gasteiger partial charge >= 0.3 is 0 Å². The second kappa shape index (κ2) is 9.25. The molecule has 0 aliphatic heterocycles. The molecule has 0 saturated heterocycles. The summed E-state index contributed by atoms with van der Waals surface area (Å²) in [5, 5.41) is 14.0. The van der Waals surface area contributed by atoms with E-state index in [2.05, 4.69) is 12.2 Å². The molecule has 2 rings (SSSR count). The smallest absolute Gasteiger partial charge is 0.271 e. The molecule has 2 aromatic carbocycles. The van der Waals surface area contributed by atoms with Gasteiger partial charge in [-0.3, -0.25) is 19.2 Å². The van der Waals surface area contributed by atoms with Gasteiger partial charge in [0.2, 0.25) is 15.9 Å². The van der Waals surface area contributed by atoms with Gasteiger partial charge in [0.1, 0.15) is 6.04 Å². The van der Waals surface area contributed by atoms with Crippen LogP contribution in [0, 0.1) is 17.0 Å². The number of carbonyl (C=O) groups is 1. The van der Waals surface area contributed by atoms with Crippen molar-refractivity contribution in [2.75, 3.05) is 10.6 Å². The highest BCUT2D eigenvalue weighted by atomic mass is 32.2. The van der Waals surface area contributed by atoms with Gasteiger partial charge in [0.25, 0.3) is 5.69 Å². The zero-order chi connectivity index (χ0) is 22.6. The molecule has 162 valence electrons. The van der Waals surface area contributed by atoms with Gasteiger partial charge in [0.05, 0.1) is 22.9 Å². The quantitative estimate of drug-likeness (QED) is 0.506. The molecule has 0 aromatic heterocycles. The van der Waals surface area contributed by atoms with Crippen molar-refractivity contribution in [3.8, 4) is 0 Å². The van der Waals surface area contributed by atoms with E-state index in [-0.39, 0.29) is 17.4 Å². The molecule has 0 fully saturated rings. The maximum absolute atomic E-state index is 12.9. The Balaban J connectivity index is 2.33. The fourth-order valence-corrected chi connectivity index (χ4v) is 4.41. The van der Waals surface area contributed by atoms with Crippen LogP contribution in [0.2, 0.25) is 0 Å². The first-order valence-corrected chi connectivity index (χ1v) is 11.4. The van der Waals surface area contributed by atoms with Crippen LogP contribution in [0.15, 0.2) is 42.5 Å². The summed E-state index contributed by atoms with van der Waals surface area (Å²) in [7, 11) is -3.89. The Hall–Kier alpha value is -2.94. The molecule has 9 heteroatoms. The first-order chi connectivity index (χ1) is 14.0. The van der Waals surface area contributed by atoms with E-state index in [0.717, 1.165) is 22.5 Å². The number of sulfonamides is 1. The second-order valence-electron chi connectivity index (χ2n) is 7.29. The third kappa shape index (κ3) is 5.35. The number of rotatable bonds is 8. The number of nitrogens with one attached hydrogen (secondary N) is 1. The molecule has 0 radical (unpaired) electrons. The summed E-state index contributed by atoms with van der Waals surface area (Å²) in [5.74, 6) is -0.501. The van der Waals surface area contributed by atoms with Gasteiger partial charge in [-0.1, -0.05) is 37.3 Å². The van der Waals surface area contributed by atoms with Crippen molar-refractivity contribution in [3.05, 3.63) is 69.3 Å². The maximum atomic E-state index is 12.9. The van der Waals surface area contributed by atoms with E-state index in [1.54, 1.807) is 6.92 Å². The average Bonchev–Trinajstić information content (AvgIpc) is 2.68. The molecular weight excluding hydrogens is 406 g/mol. The first kappa shape index (κ1) is 23.3. The van der Waals surface area contributed by atoms with Crippen LogP contribution >= 0.6 is 0 Å². The second-order valence-corrected chi connectivity index (χ2v) is 9.15. The van der Waals surface area contributed by atoms with E-state index >= 15 is 0 Å². The lowest BCUT2D eigenvalue weighted by atomic mass is 10.0. The average molecular weight is 434 g/mol. The van der Waals surface area contributed by atoms with Gasteiger partial charge in [0, 0.05) is 12.1 Å². The van der Waals surface area contributed by atoms with Crippen molar-refractivity contribution in [2.45, 2.75) is 46.2 Å². The number of nitro benzene ring substituents is 1. The molecule has 2 atom stereocenters. The number of aryl methyl sites for hydroxylation is 2. The van der Waals surface area contributed by atoms with Crippen LogP contribution in [0.3, 0.4) is 0 Å². The first-order valence-electron chi connectivity index (χ1n) is 9.59. The topological polar surface area (TPSA) is 110 Å². The SMILES string of the molecule is CCc1ccc([C@H](C)NC(=O)[C@@H](C)N(c2cc([N+](=O)[O-])ccc2C)S(C)(=O)=O)cc1. The Morgan fingerprint density at radius 3 is 2.27 bits per heavy atom. The van der Waals surface area contributed by atoms with Gasteiger partial charge in [-0.2, -0.15) is 0 Å². The fraction of sp³-hybridized carbons (Fsp3) is 0.381. The van der Waals surface area contributed by atoms with Crippen LogP contribution in [-0.2, 0) is 21.2 Å². The molecule has 1 amide bonds. The number of nitro groups is 1. The van der Waals surface area contributed by atoms with Crippen LogP contribution in [0.4, 0.5) is 11.4 Å². The lowest BCUT2D eigenvalue weighted by Gasteiger charge is -2.30. The van der Waals surface area contributed by atoms with Crippen molar-refractivity contribution < 1.29 is 18.1 Å². The number of nitrogens with zero attached hydrogens (tertiary/aromatic N) is 2. The zero-order valence-electron chi connectivity index (χ0n) is 17.7. The number of non-ortho nitro benzene ring substituents is 1. The Bertz CT molecular complexity index is 1040. The highest BCUT2D eigenvalue weighted by Gasteiger charge is 2.31. The van der Waals surface area contributed by atoms with Crippen molar-refractivity contribution in [1.82, 2.24) is 5.32 Å². The van der Waals surface area contributed by atoms with Crippen LogP contribution in [0.5, 0.6) is 0 Å². The van der Waals surface area contributed by atoms with Gasteiger partial charge in [0.15, 0.2) is 0 Å². The van der Waals surface area contributed by atoms with Crippen LogP contribution in [0.25, 0.3) is 0 Å². The minimum absolute atomic E-state index is 0.106. The number of hydrogen-bond acceptors (Lipinski definition) is 5. The van der Waals surface area contributed by atoms with Gasteiger partial charge in [-0.15, -0.1) is 0 Å². The zero-order valence-corrected chi connectivity index (χ0v) is 18.6. The fourth-order valence-electron chi connectivity index (χ4n) is 3.19. The highest BCUT2D eigenvalue weighted by Crippen LogP contribution is 2.29. The number of carbonyl (C=O) groups excluding carboxylic acids is 1.